The minimum atomic E-state index is -0.861. The minimum Gasteiger partial charge on any atom is -0.465 e. The van der Waals surface area contributed by atoms with E-state index in [9.17, 15) is 14.4 Å². The molecule has 0 spiro atoms. The second-order valence-corrected chi connectivity index (χ2v) is 8.75. The average Bonchev–Trinajstić information content (AvgIpc) is 2.71. The van der Waals surface area contributed by atoms with Crippen LogP contribution in [0.15, 0.2) is 47.1 Å². The maximum atomic E-state index is 13.0. The van der Waals surface area contributed by atoms with Gasteiger partial charge in [-0.25, -0.2) is 9.59 Å². The normalized spacial score (nSPS) is 18.3. The molecule has 1 aliphatic heterocycles. The highest BCUT2D eigenvalue weighted by Gasteiger charge is 2.43. The molecule has 7 heteroatoms. The third-order valence-electron chi connectivity index (χ3n) is 5.13. The molecule has 0 amide bonds. The molecule has 178 valence electrons. The van der Waals surface area contributed by atoms with Crippen LogP contribution in [0.2, 0.25) is 0 Å². The number of nitrogens with zero attached hydrogens (tertiary/aromatic N) is 1. The first-order chi connectivity index (χ1) is 15.4. The van der Waals surface area contributed by atoms with Crippen LogP contribution >= 0.6 is 0 Å². The van der Waals surface area contributed by atoms with E-state index in [1.165, 1.54) is 0 Å². The van der Waals surface area contributed by atoms with Gasteiger partial charge in [-0.15, -0.1) is 0 Å². The van der Waals surface area contributed by atoms with Crippen LogP contribution in [-0.4, -0.2) is 42.4 Å². The molecule has 2 atom stereocenters. The van der Waals surface area contributed by atoms with Gasteiger partial charge in [-0.3, -0.25) is 9.79 Å². The zero-order chi connectivity index (χ0) is 24.9. The summed E-state index contributed by atoms with van der Waals surface area (Å²) in [6, 6.07) is 7.04. The van der Waals surface area contributed by atoms with E-state index < -0.39 is 35.3 Å². The molecule has 2 rings (SSSR count). The molecular weight excluding hydrogens is 422 g/mol. The molecule has 7 nitrogen and oxygen atoms in total. The predicted octanol–water partition coefficient (Wildman–Crippen LogP) is 4.62. The summed E-state index contributed by atoms with van der Waals surface area (Å²) < 4.78 is 16.1. The van der Waals surface area contributed by atoms with Gasteiger partial charge >= 0.3 is 17.9 Å². The summed E-state index contributed by atoms with van der Waals surface area (Å²) in [5.74, 6) is -3.28. The molecule has 0 saturated heterocycles. The molecule has 0 saturated carbocycles. The van der Waals surface area contributed by atoms with Crippen molar-refractivity contribution in [3.05, 3.63) is 53.2 Å². The quantitative estimate of drug-likeness (QED) is 0.339. The zero-order valence-electron chi connectivity index (χ0n) is 20.5. The summed E-state index contributed by atoms with van der Waals surface area (Å²) >= 11 is 0. The molecule has 0 aromatic heterocycles. The fourth-order valence-electron chi connectivity index (χ4n) is 3.88. The number of esters is 3. The van der Waals surface area contributed by atoms with Crippen molar-refractivity contribution >= 4 is 29.2 Å². The Balaban J connectivity index is 2.72. The van der Waals surface area contributed by atoms with Crippen LogP contribution in [0.25, 0.3) is 5.57 Å². The molecule has 1 aromatic rings. The van der Waals surface area contributed by atoms with Gasteiger partial charge in [-0.05, 0) is 59.6 Å². The third-order valence-corrected chi connectivity index (χ3v) is 5.13. The number of carbonyl (C=O) groups is 3. The first kappa shape index (κ1) is 26.0. The first-order valence-electron chi connectivity index (χ1n) is 11.0. The van der Waals surface area contributed by atoms with Crippen molar-refractivity contribution in [3.8, 4) is 0 Å². The Morgan fingerprint density at radius 2 is 1.64 bits per heavy atom. The number of ether oxygens (including phenoxy) is 3. The number of allylic oxidation sites excluding steroid dienone is 1. The highest BCUT2D eigenvalue weighted by Crippen LogP contribution is 2.42. The number of aliphatic imine (C=N–C) groups is 1. The predicted molar refractivity (Wildman–Crippen MR) is 127 cm³/mol. The van der Waals surface area contributed by atoms with Gasteiger partial charge in [0.2, 0.25) is 0 Å². The van der Waals surface area contributed by atoms with Gasteiger partial charge in [-0.1, -0.05) is 30.8 Å². The van der Waals surface area contributed by atoms with Crippen molar-refractivity contribution in [3.63, 3.8) is 0 Å². The van der Waals surface area contributed by atoms with Crippen LogP contribution in [-0.2, 0) is 28.6 Å². The first-order valence-corrected chi connectivity index (χ1v) is 11.0. The summed E-state index contributed by atoms with van der Waals surface area (Å²) in [5.41, 5.74) is 1.70. The maximum Gasteiger partial charge on any atom is 0.338 e. The van der Waals surface area contributed by atoms with E-state index in [0.29, 0.717) is 22.5 Å². The Bertz CT molecular complexity index is 1010. The summed E-state index contributed by atoms with van der Waals surface area (Å²) in [6.07, 6.45) is 0. The molecule has 1 aliphatic rings. The fourth-order valence-corrected chi connectivity index (χ4v) is 3.88. The van der Waals surface area contributed by atoms with Crippen molar-refractivity contribution in [2.75, 3.05) is 13.2 Å². The van der Waals surface area contributed by atoms with Crippen LogP contribution in [0, 0.1) is 5.92 Å². The van der Waals surface area contributed by atoms with Crippen molar-refractivity contribution in [1.29, 1.82) is 0 Å². The molecular formula is C26H33NO6. The van der Waals surface area contributed by atoms with Crippen LogP contribution in [0.5, 0.6) is 0 Å². The standard InChI is InChI=1S/C26H33NO6/c1-9-31-24(29)20-16(4)27-17(5)21(25(30)32-10-2)22(20)19-14-12-11-13-18(19)15(3)23(28)33-26(6,7)8/h11-14,20,22H,3,9-10H2,1-2,4-8H3. The molecule has 1 heterocycles. The Morgan fingerprint density at radius 3 is 2.21 bits per heavy atom. The summed E-state index contributed by atoms with van der Waals surface area (Å²) in [4.78, 5) is 43.3. The lowest BCUT2D eigenvalue weighted by molar-refractivity contribution is -0.148. The molecule has 2 unspecified atom stereocenters. The molecule has 1 aromatic carbocycles. The van der Waals surface area contributed by atoms with Gasteiger partial charge in [0.1, 0.15) is 11.5 Å². The van der Waals surface area contributed by atoms with Crippen molar-refractivity contribution in [1.82, 2.24) is 0 Å². The largest absolute Gasteiger partial charge is 0.465 e. The van der Waals surface area contributed by atoms with Crippen molar-refractivity contribution in [2.45, 2.75) is 60.0 Å². The van der Waals surface area contributed by atoms with Crippen LogP contribution < -0.4 is 0 Å². The highest BCUT2D eigenvalue weighted by atomic mass is 16.6. The smallest absolute Gasteiger partial charge is 0.338 e. The van der Waals surface area contributed by atoms with Crippen LogP contribution in [0.4, 0.5) is 0 Å². The molecule has 0 aliphatic carbocycles. The number of rotatable bonds is 7. The topological polar surface area (TPSA) is 91.3 Å². The molecule has 0 bridgehead atoms. The number of hydrogen-bond acceptors (Lipinski definition) is 7. The van der Waals surface area contributed by atoms with E-state index >= 15 is 0 Å². The van der Waals surface area contributed by atoms with Gasteiger partial charge in [-0.2, -0.15) is 0 Å². The third kappa shape index (κ3) is 5.97. The van der Waals surface area contributed by atoms with Crippen LogP contribution in [0.1, 0.15) is 65.5 Å². The molecule has 0 fully saturated rings. The Kier molecular flexibility index (Phi) is 8.36. The monoisotopic (exact) mass is 455 g/mol. The average molecular weight is 456 g/mol. The van der Waals surface area contributed by atoms with E-state index in [4.69, 9.17) is 14.2 Å². The molecule has 33 heavy (non-hydrogen) atoms. The van der Waals surface area contributed by atoms with Gasteiger partial charge in [0, 0.05) is 17.3 Å². The van der Waals surface area contributed by atoms with E-state index in [-0.39, 0.29) is 24.4 Å². The lowest BCUT2D eigenvalue weighted by atomic mass is 9.73. The molecule has 0 N–H and O–H groups in total. The lowest BCUT2D eigenvalue weighted by Crippen LogP contribution is -2.37. The van der Waals surface area contributed by atoms with Crippen LogP contribution in [0.3, 0.4) is 0 Å². The van der Waals surface area contributed by atoms with Gasteiger partial charge in [0.25, 0.3) is 0 Å². The SMILES string of the molecule is C=C(C(=O)OC(C)(C)C)c1ccccc1C1C(C(=O)OCC)=C(C)N=C(C)C1C(=O)OCC. The van der Waals surface area contributed by atoms with E-state index in [2.05, 4.69) is 11.6 Å². The number of carbonyl (C=O) groups excluding carboxylic acids is 3. The Morgan fingerprint density at radius 1 is 1.03 bits per heavy atom. The van der Waals surface area contributed by atoms with Crippen molar-refractivity contribution in [2.24, 2.45) is 10.9 Å². The fraction of sp³-hybridized carbons (Fsp3) is 0.462. The zero-order valence-corrected chi connectivity index (χ0v) is 20.5. The van der Waals surface area contributed by atoms with Gasteiger partial charge in [0.15, 0.2) is 0 Å². The summed E-state index contributed by atoms with van der Waals surface area (Å²) in [7, 11) is 0. The minimum absolute atomic E-state index is 0.129. The maximum absolute atomic E-state index is 13.0. The highest BCUT2D eigenvalue weighted by molar-refractivity contribution is 6.16. The molecule has 0 radical (unpaired) electrons. The number of benzene rings is 1. The lowest BCUT2D eigenvalue weighted by Gasteiger charge is -2.33. The van der Waals surface area contributed by atoms with Gasteiger partial charge in [0.05, 0.1) is 24.4 Å². The van der Waals surface area contributed by atoms with E-state index in [1.807, 2.05) is 0 Å². The van der Waals surface area contributed by atoms with Gasteiger partial charge < -0.3 is 14.2 Å². The van der Waals surface area contributed by atoms with E-state index in [0.717, 1.165) is 0 Å². The summed E-state index contributed by atoms with van der Waals surface area (Å²) in [5, 5.41) is 0. The van der Waals surface area contributed by atoms with Crippen molar-refractivity contribution < 1.29 is 28.6 Å². The Hall–Kier alpha value is -3.22. The number of hydrogen-bond donors (Lipinski definition) is 0. The van der Waals surface area contributed by atoms with E-state index in [1.54, 1.807) is 72.7 Å². The summed E-state index contributed by atoms with van der Waals surface area (Å²) in [6.45, 7) is 16.5. The Labute approximate surface area is 195 Å². The second kappa shape index (κ2) is 10.6. The second-order valence-electron chi connectivity index (χ2n) is 8.75.